The van der Waals surface area contributed by atoms with Crippen LogP contribution in [-0.2, 0) is 9.53 Å². The number of nitrogens with zero attached hydrogens (tertiary/aromatic N) is 1. The van der Waals surface area contributed by atoms with Gasteiger partial charge in [-0.2, -0.15) is 0 Å². The Bertz CT molecular complexity index is 269. The van der Waals surface area contributed by atoms with Crippen LogP contribution in [0.15, 0.2) is 0 Å². The lowest BCUT2D eigenvalue weighted by atomic mass is 9.98. The summed E-state index contributed by atoms with van der Waals surface area (Å²) in [6.45, 7) is 5.80. The number of carbonyl (C=O) groups excluding carboxylic acids is 1. The fourth-order valence-electron chi connectivity index (χ4n) is 1.79. The third-order valence-corrected chi connectivity index (χ3v) is 2.39. The molecule has 1 aliphatic heterocycles. The normalized spacial score (nSPS) is 22.6. The second kappa shape index (κ2) is 4.18. The maximum Gasteiger partial charge on any atom is 0.408 e. The molecule has 0 aromatic carbocycles. The lowest BCUT2D eigenvalue weighted by Gasteiger charge is -2.40. The van der Waals surface area contributed by atoms with E-state index < -0.39 is 17.7 Å². The predicted molar refractivity (Wildman–Crippen MR) is 53.8 cm³/mol. The average molecular weight is 215 g/mol. The molecule has 86 valence electrons. The van der Waals surface area contributed by atoms with E-state index in [1.54, 1.807) is 20.8 Å². The average Bonchev–Trinajstić information content (AvgIpc) is 2.05. The molecule has 15 heavy (non-hydrogen) atoms. The number of amides is 1. The van der Waals surface area contributed by atoms with Gasteiger partial charge in [0.2, 0.25) is 0 Å². The zero-order valence-corrected chi connectivity index (χ0v) is 9.32. The summed E-state index contributed by atoms with van der Waals surface area (Å²) in [4.78, 5) is 23.9. The molecule has 1 fully saturated rings. The molecule has 0 unspecified atom stereocenters. The first-order valence-corrected chi connectivity index (χ1v) is 4.97. The van der Waals surface area contributed by atoms with Crippen LogP contribution in [0.2, 0.25) is 0 Å². The number of carbonyl (C=O) groups is 2. The zero-order valence-electron chi connectivity index (χ0n) is 9.32. The van der Waals surface area contributed by atoms with E-state index in [1.165, 1.54) is 4.90 Å². The summed E-state index contributed by atoms with van der Waals surface area (Å²) in [6, 6.07) is -0.559. The fraction of sp³-hybridized carbons (Fsp3) is 0.800. The highest BCUT2D eigenvalue weighted by molar-refractivity contribution is 5.88. The highest BCUT2D eigenvalue weighted by Gasteiger charge is 2.38. The molecule has 1 atom stereocenters. The van der Waals surface area contributed by atoms with Crippen molar-refractivity contribution in [3.05, 3.63) is 0 Å². The van der Waals surface area contributed by atoms with Crippen LogP contribution in [0, 0.1) is 0 Å². The van der Waals surface area contributed by atoms with Gasteiger partial charge in [0.15, 0.2) is 5.78 Å². The first-order valence-electron chi connectivity index (χ1n) is 4.97. The van der Waals surface area contributed by atoms with Crippen molar-refractivity contribution in [3.8, 4) is 0 Å². The molecule has 1 N–H and O–H groups in total. The maximum atomic E-state index is 11.6. The highest BCUT2D eigenvalue weighted by atomic mass is 16.5. The van der Waals surface area contributed by atoms with Gasteiger partial charge in [-0.15, -0.1) is 0 Å². The first-order chi connectivity index (χ1) is 6.84. The van der Waals surface area contributed by atoms with Crippen LogP contribution in [0.3, 0.4) is 0 Å². The van der Waals surface area contributed by atoms with Crippen LogP contribution in [0.4, 0.5) is 4.79 Å². The van der Waals surface area contributed by atoms with Crippen LogP contribution in [0.1, 0.15) is 27.2 Å². The standard InChI is InChI=1S/C10H17NO4/c1-10(2,3)11(9(13)14)7-4-5-15-6-8(7)12/h7H,4-6H2,1-3H3,(H,13,14)/t7-/m0/s1. The van der Waals surface area contributed by atoms with Crippen molar-refractivity contribution in [1.29, 1.82) is 0 Å². The van der Waals surface area contributed by atoms with Gasteiger partial charge in [0.05, 0.1) is 6.04 Å². The molecule has 0 aromatic heterocycles. The molecule has 1 amide bonds. The monoisotopic (exact) mass is 215 g/mol. The summed E-state index contributed by atoms with van der Waals surface area (Å²) in [7, 11) is 0. The molecule has 0 spiro atoms. The summed E-state index contributed by atoms with van der Waals surface area (Å²) in [5.74, 6) is -0.154. The molecule has 0 aliphatic carbocycles. The van der Waals surface area contributed by atoms with Crippen molar-refractivity contribution < 1.29 is 19.4 Å². The lowest BCUT2D eigenvalue weighted by molar-refractivity contribution is -0.135. The topological polar surface area (TPSA) is 66.8 Å². The molecular weight excluding hydrogens is 198 g/mol. The summed E-state index contributed by atoms with van der Waals surface area (Å²) in [6.07, 6.45) is -0.606. The molecule has 0 aromatic rings. The predicted octanol–water partition coefficient (Wildman–Crippen LogP) is 1.12. The Morgan fingerprint density at radius 2 is 2.13 bits per heavy atom. The number of ether oxygens (including phenoxy) is 1. The minimum Gasteiger partial charge on any atom is -0.465 e. The zero-order chi connectivity index (χ0) is 11.6. The molecule has 0 bridgehead atoms. The quantitative estimate of drug-likeness (QED) is 0.711. The Kier molecular flexibility index (Phi) is 3.34. The van der Waals surface area contributed by atoms with Crippen LogP contribution < -0.4 is 0 Å². The number of ketones is 1. The number of hydrogen-bond acceptors (Lipinski definition) is 3. The van der Waals surface area contributed by atoms with Crippen LogP contribution in [0.25, 0.3) is 0 Å². The Hall–Kier alpha value is -1.10. The number of rotatable bonds is 1. The van der Waals surface area contributed by atoms with Crippen LogP contribution in [0.5, 0.6) is 0 Å². The van der Waals surface area contributed by atoms with Crippen molar-refractivity contribution in [3.63, 3.8) is 0 Å². The van der Waals surface area contributed by atoms with E-state index in [1.807, 2.05) is 0 Å². The minimum atomic E-state index is -1.05. The van der Waals surface area contributed by atoms with E-state index in [0.717, 1.165) is 0 Å². The SMILES string of the molecule is CC(C)(C)N(C(=O)O)[C@H]1CCOCC1=O. The summed E-state index contributed by atoms with van der Waals surface area (Å²) in [5.41, 5.74) is -0.566. The second-order valence-corrected chi connectivity index (χ2v) is 4.65. The molecule has 5 heteroatoms. The van der Waals surface area contributed by atoms with Gasteiger partial charge in [-0.1, -0.05) is 0 Å². The smallest absolute Gasteiger partial charge is 0.408 e. The Labute approximate surface area is 89.0 Å². The molecule has 0 saturated carbocycles. The largest absolute Gasteiger partial charge is 0.465 e. The van der Waals surface area contributed by atoms with E-state index in [-0.39, 0.29) is 12.4 Å². The van der Waals surface area contributed by atoms with E-state index in [4.69, 9.17) is 9.84 Å². The van der Waals surface area contributed by atoms with Crippen molar-refractivity contribution in [2.75, 3.05) is 13.2 Å². The number of hydrogen-bond donors (Lipinski definition) is 1. The summed E-state index contributed by atoms with van der Waals surface area (Å²) in [5, 5.41) is 9.11. The van der Waals surface area contributed by atoms with Gasteiger partial charge >= 0.3 is 6.09 Å². The van der Waals surface area contributed by atoms with Crippen molar-refractivity contribution in [1.82, 2.24) is 4.90 Å². The van der Waals surface area contributed by atoms with Gasteiger partial charge in [-0.05, 0) is 27.2 Å². The summed E-state index contributed by atoms with van der Waals surface area (Å²) >= 11 is 0. The van der Waals surface area contributed by atoms with E-state index in [0.29, 0.717) is 13.0 Å². The van der Waals surface area contributed by atoms with Crippen LogP contribution in [-0.4, -0.2) is 46.7 Å². The molecular formula is C10H17NO4. The van der Waals surface area contributed by atoms with Crippen molar-refractivity contribution in [2.24, 2.45) is 0 Å². The fourth-order valence-corrected chi connectivity index (χ4v) is 1.79. The van der Waals surface area contributed by atoms with E-state index in [9.17, 15) is 9.59 Å². The first kappa shape index (κ1) is 12.0. The maximum absolute atomic E-state index is 11.6. The molecule has 1 heterocycles. The van der Waals surface area contributed by atoms with Gasteiger partial charge in [0, 0.05) is 12.1 Å². The number of Topliss-reactive ketones (excluding diaryl/α,β-unsaturated/α-hetero) is 1. The van der Waals surface area contributed by atoms with E-state index in [2.05, 4.69) is 0 Å². The van der Waals surface area contributed by atoms with Gasteiger partial charge in [-0.3, -0.25) is 9.69 Å². The van der Waals surface area contributed by atoms with Gasteiger partial charge in [-0.25, -0.2) is 4.79 Å². The lowest BCUT2D eigenvalue weighted by Crippen LogP contribution is -2.56. The Morgan fingerprint density at radius 3 is 2.53 bits per heavy atom. The second-order valence-electron chi connectivity index (χ2n) is 4.65. The van der Waals surface area contributed by atoms with Crippen molar-refractivity contribution in [2.45, 2.75) is 38.8 Å². The molecule has 1 saturated heterocycles. The Morgan fingerprint density at radius 1 is 1.53 bits per heavy atom. The van der Waals surface area contributed by atoms with Gasteiger partial charge in [0.1, 0.15) is 6.61 Å². The van der Waals surface area contributed by atoms with Crippen LogP contribution >= 0.6 is 0 Å². The molecule has 1 aliphatic rings. The summed E-state index contributed by atoms with van der Waals surface area (Å²) < 4.78 is 4.99. The van der Waals surface area contributed by atoms with Crippen molar-refractivity contribution >= 4 is 11.9 Å². The number of carboxylic acid groups (broad SMARTS) is 1. The molecule has 1 rings (SSSR count). The minimum absolute atomic E-state index is 0.0184. The Balaban J connectivity index is 2.88. The highest BCUT2D eigenvalue weighted by Crippen LogP contribution is 2.21. The van der Waals surface area contributed by atoms with Gasteiger partial charge in [0.25, 0.3) is 0 Å². The van der Waals surface area contributed by atoms with E-state index >= 15 is 0 Å². The third-order valence-electron chi connectivity index (χ3n) is 2.39. The molecule has 5 nitrogen and oxygen atoms in total. The molecule has 0 radical (unpaired) electrons. The third kappa shape index (κ3) is 2.68. The van der Waals surface area contributed by atoms with Gasteiger partial charge < -0.3 is 9.84 Å².